The van der Waals surface area contributed by atoms with Crippen molar-refractivity contribution in [1.29, 1.82) is 0 Å². The second-order valence-electron chi connectivity index (χ2n) is 11.2. The third kappa shape index (κ3) is 7.76. The molecule has 0 unspecified atom stereocenters. The molecule has 0 heterocycles. The van der Waals surface area contributed by atoms with Crippen LogP contribution in [-0.2, 0) is 26.2 Å². The zero-order chi connectivity index (χ0) is 31.0. The monoisotopic (exact) mass is 605 g/mol. The molecule has 0 aliphatic heterocycles. The molecule has 1 N–H and O–H groups in total. The lowest BCUT2D eigenvalue weighted by molar-refractivity contribution is -0.140. The zero-order valence-electron chi connectivity index (χ0n) is 25.6. The van der Waals surface area contributed by atoms with E-state index < -0.39 is 28.5 Å². The van der Waals surface area contributed by atoms with Crippen LogP contribution in [0.15, 0.2) is 77.7 Å². The van der Waals surface area contributed by atoms with Gasteiger partial charge in [0.15, 0.2) is 0 Å². The number of aryl methyl sites for hydroxylation is 1. The maximum atomic E-state index is 14.3. The van der Waals surface area contributed by atoms with E-state index in [1.54, 1.807) is 37.4 Å². The summed E-state index contributed by atoms with van der Waals surface area (Å²) in [5.41, 5.74) is 2.91. The number of hydrogen-bond donors (Lipinski definition) is 1. The number of anilines is 1. The zero-order valence-corrected chi connectivity index (χ0v) is 26.4. The van der Waals surface area contributed by atoms with Gasteiger partial charge in [0.05, 0.1) is 17.7 Å². The first-order valence-electron chi connectivity index (χ1n) is 15.0. The van der Waals surface area contributed by atoms with Crippen molar-refractivity contribution in [1.82, 2.24) is 10.2 Å². The molecule has 0 spiro atoms. The first-order chi connectivity index (χ1) is 20.6. The van der Waals surface area contributed by atoms with E-state index >= 15 is 0 Å². The van der Waals surface area contributed by atoms with Crippen molar-refractivity contribution in [3.05, 3.63) is 89.5 Å². The largest absolute Gasteiger partial charge is 0.497 e. The highest BCUT2D eigenvalue weighted by Crippen LogP contribution is 2.29. The van der Waals surface area contributed by atoms with Crippen molar-refractivity contribution in [2.45, 2.75) is 82.8 Å². The predicted molar refractivity (Wildman–Crippen MR) is 170 cm³/mol. The molecule has 3 aromatic carbocycles. The summed E-state index contributed by atoms with van der Waals surface area (Å²) in [5.74, 6) is 0.0149. The summed E-state index contributed by atoms with van der Waals surface area (Å²) in [7, 11) is -2.52. The summed E-state index contributed by atoms with van der Waals surface area (Å²) >= 11 is 0. The molecule has 3 aromatic rings. The molecule has 9 heteroatoms. The highest BCUT2D eigenvalue weighted by Gasteiger charge is 2.35. The summed E-state index contributed by atoms with van der Waals surface area (Å²) in [6, 6.07) is 20.2. The number of amides is 2. The van der Waals surface area contributed by atoms with Gasteiger partial charge in [-0.2, -0.15) is 0 Å². The highest BCUT2D eigenvalue weighted by atomic mass is 32.2. The van der Waals surface area contributed by atoms with Crippen molar-refractivity contribution in [2.75, 3.05) is 18.0 Å². The van der Waals surface area contributed by atoms with Crippen molar-refractivity contribution < 1.29 is 22.7 Å². The molecule has 2 amide bonds. The van der Waals surface area contributed by atoms with Crippen LogP contribution in [0, 0.1) is 13.8 Å². The number of ether oxygens (including phenoxy) is 1. The number of carbonyl (C=O) groups is 2. The highest BCUT2D eigenvalue weighted by molar-refractivity contribution is 7.92. The number of sulfonamides is 1. The average Bonchev–Trinajstić information content (AvgIpc) is 3.02. The van der Waals surface area contributed by atoms with Gasteiger partial charge in [-0.3, -0.25) is 13.9 Å². The van der Waals surface area contributed by atoms with E-state index in [0.717, 1.165) is 48.8 Å². The lowest BCUT2D eigenvalue weighted by Crippen LogP contribution is -2.54. The molecule has 43 heavy (non-hydrogen) atoms. The molecule has 0 saturated heterocycles. The SMILES string of the molecule is CC[C@@H](C(=O)NC1CCCCC1)N(Cc1ccc(OC)cc1)C(=O)CN(c1cccc(C)c1C)S(=O)(=O)c1ccccc1. The summed E-state index contributed by atoms with van der Waals surface area (Å²) in [6.45, 7) is 5.33. The van der Waals surface area contributed by atoms with E-state index in [1.165, 1.54) is 21.3 Å². The minimum absolute atomic E-state index is 0.0816. The second-order valence-corrected chi connectivity index (χ2v) is 13.0. The fourth-order valence-electron chi connectivity index (χ4n) is 5.63. The summed E-state index contributed by atoms with van der Waals surface area (Å²) in [5, 5.41) is 3.18. The minimum atomic E-state index is -4.11. The molecule has 1 atom stereocenters. The number of nitrogens with zero attached hydrogens (tertiary/aromatic N) is 2. The first-order valence-corrected chi connectivity index (χ1v) is 16.5. The van der Waals surface area contributed by atoms with Gasteiger partial charge in [0, 0.05) is 12.6 Å². The predicted octanol–water partition coefficient (Wildman–Crippen LogP) is 5.76. The molecule has 1 aliphatic carbocycles. The fraction of sp³-hybridized carbons (Fsp3) is 0.412. The third-order valence-electron chi connectivity index (χ3n) is 8.30. The molecule has 0 aromatic heterocycles. The fourth-order valence-corrected chi connectivity index (χ4v) is 7.12. The van der Waals surface area contributed by atoms with Crippen LogP contribution in [0.25, 0.3) is 0 Å². The van der Waals surface area contributed by atoms with Gasteiger partial charge in [0.2, 0.25) is 11.8 Å². The van der Waals surface area contributed by atoms with E-state index in [-0.39, 0.29) is 23.4 Å². The molecule has 8 nitrogen and oxygen atoms in total. The Kier molecular flexibility index (Phi) is 10.9. The lowest BCUT2D eigenvalue weighted by atomic mass is 9.95. The van der Waals surface area contributed by atoms with Crippen molar-refractivity contribution >= 4 is 27.5 Å². The van der Waals surface area contributed by atoms with E-state index in [0.29, 0.717) is 17.9 Å². The van der Waals surface area contributed by atoms with E-state index in [1.807, 2.05) is 51.1 Å². The Morgan fingerprint density at radius 1 is 0.930 bits per heavy atom. The van der Waals surface area contributed by atoms with Crippen LogP contribution in [0.1, 0.15) is 62.1 Å². The molecule has 4 rings (SSSR count). The van der Waals surface area contributed by atoms with Gasteiger partial charge in [-0.05, 0) is 80.1 Å². The minimum Gasteiger partial charge on any atom is -0.497 e. The van der Waals surface area contributed by atoms with Gasteiger partial charge in [-0.15, -0.1) is 0 Å². The van der Waals surface area contributed by atoms with Crippen LogP contribution in [-0.4, -0.2) is 50.9 Å². The molecule has 1 fully saturated rings. The van der Waals surface area contributed by atoms with Gasteiger partial charge in [-0.25, -0.2) is 8.42 Å². The number of methoxy groups -OCH3 is 1. The molecular formula is C34H43N3O5S. The number of carbonyl (C=O) groups excluding carboxylic acids is 2. The van der Waals surface area contributed by atoms with Crippen molar-refractivity contribution in [3.63, 3.8) is 0 Å². The molecule has 1 aliphatic rings. The van der Waals surface area contributed by atoms with Gasteiger partial charge in [0.1, 0.15) is 18.3 Å². The maximum absolute atomic E-state index is 14.3. The summed E-state index contributed by atoms with van der Waals surface area (Å²) < 4.78 is 34.6. The normalized spacial score (nSPS) is 14.5. The summed E-state index contributed by atoms with van der Waals surface area (Å²) in [4.78, 5) is 29.7. The van der Waals surface area contributed by atoms with Crippen LogP contribution < -0.4 is 14.4 Å². The average molecular weight is 606 g/mol. The number of rotatable bonds is 12. The van der Waals surface area contributed by atoms with Gasteiger partial charge in [-0.1, -0.05) is 68.7 Å². The van der Waals surface area contributed by atoms with E-state index in [9.17, 15) is 18.0 Å². The molecule has 0 bridgehead atoms. The Morgan fingerprint density at radius 2 is 1.60 bits per heavy atom. The van der Waals surface area contributed by atoms with Crippen molar-refractivity contribution in [2.24, 2.45) is 0 Å². The second kappa shape index (κ2) is 14.6. The Balaban J connectivity index is 1.72. The van der Waals surface area contributed by atoms with Gasteiger partial charge >= 0.3 is 0 Å². The molecule has 1 saturated carbocycles. The Hall–Kier alpha value is -3.85. The summed E-state index contributed by atoms with van der Waals surface area (Å²) in [6.07, 6.45) is 5.52. The lowest BCUT2D eigenvalue weighted by Gasteiger charge is -2.35. The molecule has 0 radical (unpaired) electrons. The Labute approximate surface area is 256 Å². The standard InChI is InChI=1S/C34H43N3O5S/c1-5-31(34(39)35-28-14-8-6-9-15-28)36(23-27-19-21-29(42-4)22-20-27)33(38)24-37(32-18-12-13-25(2)26(32)3)43(40,41)30-16-10-7-11-17-30/h7,10-13,16-22,28,31H,5-6,8-9,14-15,23-24H2,1-4H3,(H,35,39)/t31-/m0/s1. The Bertz CT molecular complexity index is 1490. The van der Waals surface area contributed by atoms with Crippen LogP contribution in [0.2, 0.25) is 0 Å². The first kappa shape index (κ1) is 32.1. The third-order valence-corrected chi connectivity index (χ3v) is 10.1. The number of nitrogens with one attached hydrogen (secondary N) is 1. The van der Waals surface area contributed by atoms with Crippen molar-refractivity contribution in [3.8, 4) is 5.75 Å². The van der Waals surface area contributed by atoms with Gasteiger partial charge in [0.25, 0.3) is 10.0 Å². The molecule has 230 valence electrons. The van der Waals surface area contributed by atoms with E-state index in [4.69, 9.17) is 4.74 Å². The topological polar surface area (TPSA) is 96.0 Å². The van der Waals surface area contributed by atoms with Crippen LogP contribution in [0.3, 0.4) is 0 Å². The maximum Gasteiger partial charge on any atom is 0.264 e. The quantitative estimate of drug-likeness (QED) is 0.283. The number of hydrogen-bond acceptors (Lipinski definition) is 5. The Morgan fingerprint density at radius 3 is 2.23 bits per heavy atom. The van der Waals surface area contributed by atoms with Crippen LogP contribution in [0.5, 0.6) is 5.75 Å². The molecular weight excluding hydrogens is 562 g/mol. The smallest absolute Gasteiger partial charge is 0.264 e. The van der Waals surface area contributed by atoms with E-state index in [2.05, 4.69) is 5.32 Å². The van der Waals surface area contributed by atoms with Gasteiger partial charge < -0.3 is 15.0 Å². The van der Waals surface area contributed by atoms with Crippen LogP contribution >= 0.6 is 0 Å². The number of benzene rings is 3. The van der Waals surface area contributed by atoms with Crippen LogP contribution in [0.4, 0.5) is 5.69 Å².